The molecule has 2 N–H and O–H groups in total. The normalized spacial score (nSPS) is 17.5. The number of carbonyl (C=O) groups is 1. The predicted molar refractivity (Wildman–Crippen MR) is 103 cm³/mol. The number of piperazine rings is 1. The van der Waals surface area contributed by atoms with Gasteiger partial charge in [0.15, 0.2) is 0 Å². The van der Waals surface area contributed by atoms with E-state index in [1.807, 2.05) is 25.3 Å². The van der Waals surface area contributed by atoms with Gasteiger partial charge in [-0.25, -0.2) is 4.79 Å². The van der Waals surface area contributed by atoms with E-state index in [-0.39, 0.29) is 12.1 Å². The van der Waals surface area contributed by atoms with Gasteiger partial charge in [-0.05, 0) is 44.8 Å². The number of likely N-dealkylation sites (N-methyl/N-ethyl adjacent to an activating group) is 1. The summed E-state index contributed by atoms with van der Waals surface area (Å²) in [6, 6.07) is 5.51. The number of hydrogen-bond acceptors (Lipinski definition) is 4. The Labute approximate surface area is 154 Å². The molecule has 1 heterocycles. The van der Waals surface area contributed by atoms with Crippen LogP contribution in [-0.4, -0.2) is 67.9 Å². The summed E-state index contributed by atoms with van der Waals surface area (Å²) in [6.45, 7) is 7.51. The monoisotopic (exact) mass is 370 g/mol. The molecule has 134 valence electrons. The van der Waals surface area contributed by atoms with Gasteiger partial charge in [0.1, 0.15) is 0 Å². The lowest BCUT2D eigenvalue weighted by molar-refractivity contribution is 0.150. The summed E-state index contributed by atoms with van der Waals surface area (Å²) in [5.41, 5.74) is 0.710. The highest BCUT2D eigenvalue weighted by molar-refractivity contribution is 7.98. The molecule has 1 fully saturated rings. The number of nitrogens with zero attached hydrogens (tertiary/aromatic N) is 2. The predicted octanol–water partition coefficient (Wildman–Crippen LogP) is 3.21. The minimum absolute atomic E-state index is 0.130. The van der Waals surface area contributed by atoms with E-state index < -0.39 is 0 Å². The molecule has 1 aliphatic rings. The minimum Gasteiger partial charge on any atom is -0.335 e. The largest absolute Gasteiger partial charge is 0.335 e. The number of hydrogen-bond donors (Lipinski definition) is 2. The molecule has 1 aromatic carbocycles. The lowest BCUT2D eigenvalue weighted by atomic mass is 10.2. The number of benzene rings is 1. The Bertz CT molecular complexity index is 549. The summed E-state index contributed by atoms with van der Waals surface area (Å²) in [6.07, 6.45) is 2.92. The SMILES string of the molecule is CSc1ccc(NC(=O)NC(C)CCN2CCN(C)CC2)cc1Cl. The van der Waals surface area contributed by atoms with Crippen LogP contribution in [-0.2, 0) is 0 Å². The van der Waals surface area contributed by atoms with Gasteiger partial charge in [0.2, 0.25) is 0 Å². The number of nitrogens with one attached hydrogen (secondary N) is 2. The molecule has 1 saturated heterocycles. The molecule has 5 nitrogen and oxygen atoms in total. The maximum Gasteiger partial charge on any atom is 0.319 e. The molecule has 1 aliphatic heterocycles. The van der Waals surface area contributed by atoms with Crippen LogP contribution in [0.5, 0.6) is 0 Å². The molecule has 0 spiro atoms. The molecule has 0 aromatic heterocycles. The zero-order valence-corrected chi connectivity index (χ0v) is 16.2. The molecule has 1 aromatic rings. The minimum atomic E-state index is -0.186. The second-order valence-corrected chi connectivity index (χ2v) is 7.54. The van der Waals surface area contributed by atoms with Crippen molar-refractivity contribution >= 4 is 35.1 Å². The highest BCUT2D eigenvalue weighted by Gasteiger charge is 2.15. The van der Waals surface area contributed by atoms with Crippen LogP contribution in [0.25, 0.3) is 0 Å². The van der Waals surface area contributed by atoms with Gasteiger partial charge in [-0.1, -0.05) is 11.6 Å². The van der Waals surface area contributed by atoms with Crippen molar-refractivity contribution in [1.29, 1.82) is 0 Å². The first-order valence-corrected chi connectivity index (χ1v) is 9.90. The van der Waals surface area contributed by atoms with Crippen LogP contribution in [0.3, 0.4) is 0 Å². The van der Waals surface area contributed by atoms with Crippen molar-refractivity contribution in [1.82, 2.24) is 15.1 Å². The van der Waals surface area contributed by atoms with Crippen molar-refractivity contribution in [3.05, 3.63) is 23.2 Å². The van der Waals surface area contributed by atoms with Crippen LogP contribution in [0, 0.1) is 0 Å². The Kier molecular flexibility index (Phi) is 7.68. The van der Waals surface area contributed by atoms with Crippen LogP contribution in [0.4, 0.5) is 10.5 Å². The summed E-state index contributed by atoms with van der Waals surface area (Å²) in [4.78, 5) is 17.9. The molecule has 0 radical (unpaired) electrons. The van der Waals surface area contributed by atoms with Gasteiger partial charge >= 0.3 is 6.03 Å². The number of urea groups is 1. The van der Waals surface area contributed by atoms with E-state index in [4.69, 9.17) is 11.6 Å². The maximum absolute atomic E-state index is 12.1. The third-order valence-electron chi connectivity index (χ3n) is 4.26. The van der Waals surface area contributed by atoms with Gasteiger partial charge in [-0.15, -0.1) is 11.8 Å². The van der Waals surface area contributed by atoms with E-state index in [9.17, 15) is 4.79 Å². The molecule has 1 unspecified atom stereocenters. The zero-order valence-electron chi connectivity index (χ0n) is 14.6. The zero-order chi connectivity index (χ0) is 17.5. The average molecular weight is 371 g/mol. The third-order valence-corrected chi connectivity index (χ3v) is 5.48. The number of anilines is 1. The van der Waals surface area contributed by atoms with Crippen LogP contribution in [0.15, 0.2) is 23.1 Å². The molecule has 2 rings (SSSR count). The van der Waals surface area contributed by atoms with Crippen molar-refractivity contribution in [2.75, 3.05) is 51.3 Å². The van der Waals surface area contributed by atoms with E-state index in [0.29, 0.717) is 10.7 Å². The first-order valence-electron chi connectivity index (χ1n) is 8.30. The summed E-state index contributed by atoms with van der Waals surface area (Å²) >= 11 is 7.75. The first-order chi connectivity index (χ1) is 11.5. The topological polar surface area (TPSA) is 47.6 Å². The van der Waals surface area contributed by atoms with Crippen molar-refractivity contribution in [2.24, 2.45) is 0 Å². The fourth-order valence-corrected chi connectivity index (χ4v) is 3.53. The fourth-order valence-electron chi connectivity index (χ4n) is 2.65. The Morgan fingerprint density at radius 3 is 2.67 bits per heavy atom. The molecule has 1 atom stereocenters. The number of thioether (sulfide) groups is 1. The lowest BCUT2D eigenvalue weighted by Crippen LogP contribution is -2.46. The molecule has 0 saturated carbocycles. The Morgan fingerprint density at radius 1 is 1.33 bits per heavy atom. The summed E-state index contributed by atoms with van der Waals surface area (Å²) < 4.78 is 0. The standard InChI is InChI=1S/C17H27ClN4OS/c1-13(6-7-22-10-8-21(2)9-11-22)19-17(23)20-14-4-5-16(24-3)15(18)12-14/h4-5,12-13H,6-11H2,1-3H3,(H2,19,20,23). The quantitative estimate of drug-likeness (QED) is 0.755. The van der Waals surface area contributed by atoms with Crippen molar-refractivity contribution in [3.63, 3.8) is 0 Å². The molecule has 0 aliphatic carbocycles. The molecular formula is C17H27ClN4OS. The van der Waals surface area contributed by atoms with Crippen molar-refractivity contribution < 1.29 is 4.79 Å². The highest BCUT2D eigenvalue weighted by Crippen LogP contribution is 2.27. The van der Waals surface area contributed by atoms with Crippen LogP contribution in [0.1, 0.15) is 13.3 Å². The summed E-state index contributed by atoms with van der Waals surface area (Å²) in [5, 5.41) is 6.49. The highest BCUT2D eigenvalue weighted by atomic mass is 35.5. The van der Waals surface area contributed by atoms with E-state index >= 15 is 0 Å². The van der Waals surface area contributed by atoms with Gasteiger partial charge in [0, 0.05) is 49.3 Å². The van der Waals surface area contributed by atoms with Crippen LogP contribution >= 0.6 is 23.4 Å². The van der Waals surface area contributed by atoms with Gasteiger partial charge in [0.05, 0.1) is 5.02 Å². The molecule has 24 heavy (non-hydrogen) atoms. The molecular weight excluding hydrogens is 344 g/mol. The summed E-state index contributed by atoms with van der Waals surface area (Å²) in [5.74, 6) is 0. The second kappa shape index (κ2) is 9.51. The molecule has 0 bridgehead atoms. The lowest BCUT2D eigenvalue weighted by Gasteiger charge is -2.32. The number of halogens is 1. The van der Waals surface area contributed by atoms with Gasteiger partial charge in [-0.3, -0.25) is 0 Å². The van der Waals surface area contributed by atoms with Gasteiger partial charge in [0.25, 0.3) is 0 Å². The van der Waals surface area contributed by atoms with Gasteiger partial charge < -0.3 is 20.4 Å². The van der Waals surface area contributed by atoms with Gasteiger partial charge in [-0.2, -0.15) is 0 Å². The fraction of sp³-hybridized carbons (Fsp3) is 0.588. The summed E-state index contributed by atoms with van der Waals surface area (Å²) in [7, 11) is 2.16. The smallest absolute Gasteiger partial charge is 0.319 e. The van der Waals surface area contributed by atoms with E-state index in [1.54, 1.807) is 17.8 Å². The van der Waals surface area contributed by atoms with E-state index in [0.717, 1.165) is 44.0 Å². The molecule has 2 amide bonds. The number of carbonyl (C=O) groups excluding carboxylic acids is 1. The number of amides is 2. The molecule has 7 heteroatoms. The Balaban J connectivity index is 1.72. The van der Waals surface area contributed by atoms with Crippen LogP contribution < -0.4 is 10.6 Å². The van der Waals surface area contributed by atoms with Crippen LogP contribution in [0.2, 0.25) is 5.02 Å². The first kappa shape index (κ1) is 19.4. The number of rotatable bonds is 6. The third kappa shape index (κ3) is 6.16. The van der Waals surface area contributed by atoms with Crippen molar-refractivity contribution in [2.45, 2.75) is 24.3 Å². The average Bonchev–Trinajstić information content (AvgIpc) is 2.54. The van der Waals surface area contributed by atoms with Crippen molar-refractivity contribution in [3.8, 4) is 0 Å². The Hall–Kier alpha value is -0.950. The Morgan fingerprint density at radius 2 is 2.04 bits per heavy atom. The van der Waals surface area contributed by atoms with E-state index in [1.165, 1.54) is 0 Å². The van der Waals surface area contributed by atoms with E-state index in [2.05, 4.69) is 27.5 Å². The second-order valence-electron chi connectivity index (χ2n) is 6.28. The maximum atomic E-state index is 12.1.